The summed E-state index contributed by atoms with van der Waals surface area (Å²) in [5.74, 6) is 1.05. The van der Waals surface area contributed by atoms with Gasteiger partial charge in [0.25, 0.3) is 5.91 Å². The molecular weight excluding hydrogens is 422 g/mol. The van der Waals surface area contributed by atoms with Gasteiger partial charge in [0.2, 0.25) is 5.91 Å². The van der Waals surface area contributed by atoms with E-state index in [1.165, 1.54) is 24.0 Å². The lowest BCUT2D eigenvalue weighted by atomic mass is 9.94. The number of amides is 2. The summed E-state index contributed by atoms with van der Waals surface area (Å²) in [7, 11) is 0. The number of nitrogens with zero attached hydrogens (tertiary/aromatic N) is 2. The van der Waals surface area contributed by atoms with Crippen molar-refractivity contribution in [2.45, 2.75) is 64.8 Å². The molecule has 0 spiro atoms. The van der Waals surface area contributed by atoms with E-state index in [0.717, 1.165) is 43.6 Å². The van der Waals surface area contributed by atoms with Crippen LogP contribution in [0.2, 0.25) is 0 Å². The van der Waals surface area contributed by atoms with Crippen molar-refractivity contribution in [3.8, 4) is 0 Å². The van der Waals surface area contributed by atoms with Crippen LogP contribution in [0.25, 0.3) is 0 Å². The molecule has 1 N–H and O–H groups in total. The lowest BCUT2D eigenvalue weighted by molar-refractivity contribution is -0.123. The number of anilines is 1. The zero-order valence-electron chi connectivity index (χ0n) is 20.9. The molecule has 0 aromatic heterocycles. The summed E-state index contributed by atoms with van der Waals surface area (Å²) in [6, 6.07) is 16.0. The minimum absolute atomic E-state index is 0.0920. The first-order chi connectivity index (χ1) is 16.5. The van der Waals surface area contributed by atoms with Crippen LogP contribution < -0.4 is 5.32 Å². The van der Waals surface area contributed by atoms with Crippen molar-refractivity contribution in [3.63, 3.8) is 0 Å². The maximum absolute atomic E-state index is 13.5. The van der Waals surface area contributed by atoms with Gasteiger partial charge in [-0.2, -0.15) is 0 Å². The van der Waals surface area contributed by atoms with Crippen molar-refractivity contribution >= 4 is 17.5 Å². The summed E-state index contributed by atoms with van der Waals surface area (Å²) in [6.07, 6.45) is 5.58. The number of piperazine rings is 1. The van der Waals surface area contributed by atoms with Crippen LogP contribution >= 0.6 is 0 Å². The molecule has 182 valence electrons. The zero-order valence-corrected chi connectivity index (χ0v) is 20.9. The monoisotopic (exact) mass is 461 g/mol. The van der Waals surface area contributed by atoms with Crippen molar-refractivity contribution in [3.05, 3.63) is 65.2 Å². The molecule has 1 unspecified atom stereocenters. The Hall–Kier alpha value is -2.66. The van der Waals surface area contributed by atoms with Crippen molar-refractivity contribution < 1.29 is 9.59 Å². The van der Waals surface area contributed by atoms with Crippen LogP contribution in [0.1, 0.15) is 73.9 Å². The molecule has 5 heteroatoms. The third-order valence-corrected chi connectivity index (χ3v) is 7.56. The van der Waals surface area contributed by atoms with E-state index in [2.05, 4.69) is 43.1 Å². The molecular formula is C29H39N3O2. The Bertz CT molecular complexity index is 954. The minimum atomic E-state index is -0.131. The molecule has 1 saturated heterocycles. The van der Waals surface area contributed by atoms with Crippen LogP contribution in [0.15, 0.2) is 48.5 Å². The molecule has 2 aromatic carbocycles. The second-order valence-corrected chi connectivity index (χ2v) is 10.1. The number of carbonyl (C=O) groups excluding carboxylic acids is 2. The van der Waals surface area contributed by atoms with E-state index in [1.54, 1.807) is 0 Å². The topological polar surface area (TPSA) is 52.7 Å². The first-order valence-electron chi connectivity index (χ1n) is 13.0. The third kappa shape index (κ3) is 5.69. The van der Waals surface area contributed by atoms with Crippen LogP contribution in [0, 0.1) is 5.92 Å². The molecule has 2 aromatic rings. The maximum Gasteiger partial charge on any atom is 0.253 e. The van der Waals surface area contributed by atoms with Gasteiger partial charge in [0.05, 0.1) is 6.04 Å². The van der Waals surface area contributed by atoms with Crippen molar-refractivity contribution in [1.29, 1.82) is 0 Å². The fourth-order valence-corrected chi connectivity index (χ4v) is 5.39. The van der Waals surface area contributed by atoms with Crippen LogP contribution in [-0.4, -0.2) is 53.8 Å². The second kappa shape index (κ2) is 11.2. The van der Waals surface area contributed by atoms with Crippen molar-refractivity contribution in [1.82, 2.24) is 9.80 Å². The average Bonchev–Trinajstić information content (AvgIpc) is 3.39. The fourth-order valence-electron chi connectivity index (χ4n) is 5.39. The summed E-state index contributed by atoms with van der Waals surface area (Å²) in [5.41, 5.74) is 4.13. The molecule has 4 rings (SSSR count). The third-order valence-electron chi connectivity index (χ3n) is 7.56. The number of nitrogens with one attached hydrogen (secondary N) is 1. The normalized spacial score (nSPS) is 18.3. The zero-order chi connectivity index (χ0) is 24.1. The Balaban J connectivity index is 1.40. The number of hydrogen-bond acceptors (Lipinski definition) is 3. The number of benzene rings is 2. The Kier molecular flexibility index (Phi) is 8.04. The SMILES string of the molecule is CCc1ccc(C(=O)N2CCN(C(C(=O)Nc3ccc(C(C)C)cc3)C3CCCC3)CC2)cc1. The first-order valence-corrected chi connectivity index (χ1v) is 13.0. The summed E-state index contributed by atoms with van der Waals surface area (Å²) in [4.78, 5) is 30.7. The number of aryl methyl sites for hydroxylation is 1. The number of rotatable bonds is 7. The van der Waals surface area contributed by atoms with E-state index >= 15 is 0 Å². The van der Waals surface area contributed by atoms with E-state index in [0.29, 0.717) is 24.9 Å². The molecule has 5 nitrogen and oxygen atoms in total. The lowest BCUT2D eigenvalue weighted by Gasteiger charge is -2.40. The van der Waals surface area contributed by atoms with Crippen LogP contribution in [0.4, 0.5) is 5.69 Å². The van der Waals surface area contributed by atoms with Gasteiger partial charge in [0.15, 0.2) is 0 Å². The standard InChI is InChI=1S/C29H39N3O2/c1-4-22-9-11-25(12-10-22)29(34)32-19-17-31(18-20-32)27(24-7-5-6-8-24)28(33)30-26-15-13-23(14-16-26)21(2)3/h9-16,21,24,27H,4-8,17-20H2,1-3H3,(H,30,33). The summed E-state index contributed by atoms with van der Waals surface area (Å²) in [6.45, 7) is 9.26. The van der Waals surface area contributed by atoms with Gasteiger partial charge in [-0.1, -0.05) is 57.9 Å². The van der Waals surface area contributed by atoms with Gasteiger partial charge in [0, 0.05) is 37.4 Å². The summed E-state index contributed by atoms with van der Waals surface area (Å²) in [5, 5.41) is 3.19. The average molecular weight is 462 g/mol. The quantitative estimate of drug-likeness (QED) is 0.607. The van der Waals surface area contributed by atoms with Gasteiger partial charge in [-0.25, -0.2) is 0 Å². The smallest absolute Gasteiger partial charge is 0.253 e. The van der Waals surface area contributed by atoms with E-state index in [4.69, 9.17) is 0 Å². The van der Waals surface area contributed by atoms with Gasteiger partial charge in [-0.05, 0) is 66.5 Å². The molecule has 1 aliphatic heterocycles. The highest BCUT2D eigenvalue weighted by molar-refractivity contribution is 5.95. The Morgan fingerprint density at radius 1 is 0.912 bits per heavy atom. The lowest BCUT2D eigenvalue weighted by Crippen LogP contribution is -2.56. The highest BCUT2D eigenvalue weighted by atomic mass is 16.2. The molecule has 2 fully saturated rings. The van der Waals surface area contributed by atoms with Crippen molar-refractivity contribution in [2.24, 2.45) is 5.92 Å². The Morgan fingerprint density at radius 2 is 1.53 bits per heavy atom. The Labute approximate surface area is 204 Å². The fraction of sp³-hybridized carbons (Fsp3) is 0.517. The van der Waals surface area contributed by atoms with Gasteiger partial charge >= 0.3 is 0 Å². The highest BCUT2D eigenvalue weighted by Gasteiger charge is 2.37. The van der Waals surface area contributed by atoms with E-state index < -0.39 is 0 Å². The van der Waals surface area contributed by atoms with Gasteiger partial charge < -0.3 is 10.2 Å². The van der Waals surface area contributed by atoms with E-state index in [-0.39, 0.29) is 17.9 Å². The predicted octanol–water partition coefficient (Wildman–Crippen LogP) is 5.33. The summed E-state index contributed by atoms with van der Waals surface area (Å²) >= 11 is 0. The van der Waals surface area contributed by atoms with Crippen LogP contribution in [0.3, 0.4) is 0 Å². The molecule has 1 aliphatic carbocycles. The Morgan fingerprint density at radius 3 is 2.09 bits per heavy atom. The maximum atomic E-state index is 13.5. The first kappa shape index (κ1) is 24.5. The van der Waals surface area contributed by atoms with Gasteiger partial charge in [-0.3, -0.25) is 14.5 Å². The van der Waals surface area contributed by atoms with Gasteiger partial charge in [0.1, 0.15) is 0 Å². The van der Waals surface area contributed by atoms with Crippen LogP contribution in [-0.2, 0) is 11.2 Å². The van der Waals surface area contributed by atoms with Crippen LogP contribution in [0.5, 0.6) is 0 Å². The highest BCUT2D eigenvalue weighted by Crippen LogP contribution is 2.32. The van der Waals surface area contributed by atoms with Crippen molar-refractivity contribution in [2.75, 3.05) is 31.5 Å². The molecule has 2 amide bonds. The predicted molar refractivity (Wildman–Crippen MR) is 138 cm³/mol. The molecule has 0 bridgehead atoms. The summed E-state index contributed by atoms with van der Waals surface area (Å²) < 4.78 is 0. The second-order valence-electron chi connectivity index (χ2n) is 10.1. The minimum Gasteiger partial charge on any atom is -0.336 e. The number of hydrogen-bond donors (Lipinski definition) is 1. The molecule has 1 atom stereocenters. The largest absolute Gasteiger partial charge is 0.336 e. The molecule has 0 radical (unpaired) electrons. The molecule has 1 heterocycles. The van der Waals surface area contributed by atoms with E-state index in [1.807, 2.05) is 41.3 Å². The molecule has 1 saturated carbocycles. The van der Waals surface area contributed by atoms with E-state index in [9.17, 15) is 9.59 Å². The van der Waals surface area contributed by atoms with Gasteiger partial charge in [-0.15, -0.1) is 0 Å². The number of carbonyl (C=O) groups is 2. The molecule has 2 aliphatic rings. The molecule has 34 heavy (non-hydrogen) atoms.